The van der Waals surface area contributed by atoms with Gasteiger partial charge in [0.2, 0.25) is 30.1 Å². The lowest BCUT2D eigenvalue weighted by Crippen LogP contribution is -2.67. The summed E-state index contributed by atoms with van der Waals surface area (Å²) in [6.45, 7) is 9.59. The number of rotatable bonds is 30. The highest BCUT2D eigenvalue weighted by atomic mass is 19.1. The summed E-state index contributed by atoms with van der Waals surface area (Å²) >= 11 is 0. The Kier molecular flexibility index (Phi) is 28.4. The molecule has 0 saturated carbocycles. The fourth-order valence-electron chi connectivity index (χ4n) is 15.6. The molecule has 5 N–H and O–H groups in total. The Morgan fingerprint density at radius 1 is 0.680 bits per heavy atom. The predicted octanol–water partition coefficient (Wildman–Crippen LogP) is 5.44. The molecular formula is C84H92FN7O30. The molecule has 2 aromatic heterocycles. The van der Waals surface area contributed by atoms with Crippen molar-refractivity contribution in [2.75, 3.05) is 46.3 Å². The molecule has 5 amide bonds. The summed E-state index contributed by atoms with van der Waals surface area (Å²) in [6.07, 6.45) is -21.3. The van der Waals surface area contributed by atoms with Gasteiger partial charge in [-0.25, -0.2) is 33.3 Å². The number of cyclic esters (lactones) is 1. The third kappa shape index (κ3) is 19.9. The van der Waals surface area contributed by atoms with E-state index >= 15 is 4.39 Å². The molecule has 1 aliphatic carbocycles. The van der Waals surface area contributed by atoms with Crippen molar-refractivity contribution in [1.29, 1.82) is 0 Å². The molecule has 11 rings (SSSR count). The third-order valence-corrected chi connectivity index (χ3v) is 21.3. The van der Waals surface area contributed by atoms with Crippen molar-refractivity contribution in [1.82, 2.24) is 30.4 Å². The SMILES string of the molecule is CC[C@@]1(O)C(=O)OCc2c1cc1n(c2=O)Cc2c-1nc1cc(F)c(C)c(CCCN(C)C(=O)OCc3ccc(O[C@@H]4O[C@H](C(=O)OC)[C@@H](OC(C)=O)[C@H](OC(C)=O)[C@H]4OC(C)=O)c(NC(=O)CCNC(=O)[C@H](CCCC(=O)N[C@H]4O[C@H](C(=O)OC)[C@@H](OC(C)=O)[C@H](OC(C)=O)[C@H]4OC(C)=O)NC(=O)OCC4c5ccccc5-c5ccccc54)c3)c1c2C. The van der Waals surface area contributed by atoms with Gasteiger partial charge in [-0.3, -0.25) is 47.9 Å². The number of hydrogen-bond donors (Lipinski definition) is 5. The van der Waals surface area contributed by atoms with Gasteiger partial charge >= 0.3 is 65.9 Å². The van der Waals surface area contributed by atoms with Crippen molar-refractivity contribution in [3.8, 4) is 28.3 Å². The second-order valence-corrected chi connectivity index (χ2v) is 29.5. The number of aliphatic hydroxyl groups is 1. The summed E-state index contributed by atoms with van der Waals surface area (Å²) in [5, 5.41) is 22.4. The zero-order valence-electron chi connectivity index (χ0n) is 68.6. The number of methoxy groups -OCH3 is 2. The summed E-state index contributed by atoms with van der Waals surface area (Å²) < 4.78 is 95.0. The number of anilines is 1. The molecule has 37 nitrogen and oxygen atoms in total. The fourth-order valence-corrected chi connectivity index (χ4v) is 15.6. The fraction of sp³-hybridized carbons (Fsp3) is 0.452. The van der Waals surface area contributed by atoms with Gasteiger partial charge < -0.3 is 102 Å². The topological polar surface area (TPSA) is 475 Å². The van der Waals surface area contributed by atoms with Crippen LogP contribution in [0.3, 0.4) is 0 Å². The van der Waals surface area contributed by atoms with Crippen LogP contribution in [0.15, 0.2) is 83.7 Å². The molecule has 2 saturated heterocycles. The van der Waals surface area contributed by atoms with Crippen molar-refractivity contribution >= 4 is 100 Å². The third-order valence-electron chi connectivity index (χ3n) is 21.3. The molecule has 5 aliphatic rings. The van der Waals surface area contributed by atoms with E-state index in [0.717, 1.165) is 78.0 Å². The molecule has 38 heteroatoms. The number of alkyl carbamates (subject to hydrolysis) is 1. The maximum Gasteiger partial charge on any atom is 0.409 e. The lowest BCUT2D eigenvalue weighted by Gasteiger charge is -2.43. The highest BCUT2D eigenvalue weighted by Crippen LogP contribution is 2.46. The molecule has 6 aromatic rings. The second kappa shape index (κ2) is 38.6. The van der Waals surface area contributed by atoms with E-state index < -0.39 is 200 Å². The molecule has 650 valence electrons. The number of esters is 9. The van der Waals surface area contributed by atoms with Gasteiger partial charge in [-0.1, -0.05) is 61.5 Å². The number of carbonyl (C=O) groups excluding carboxylic acids is 14. The Morgan fingerprint density at radius 2 is 1.26 bits per heavy atom. The van der Waals surface area contributed by atoms with Gasteiger partial charge in [0.15, 0.2) is 54.6 Å². The molecule has 12 atom stereocenters. The minimum absolute atomic E-state index is 0.0570. The van der Waals surface area contributed by atoms with E-state index in [2.05, 4.69) is 21.3 Å². The van der Waals surface area contributed by atoms with Crippen molar-refractivity contribution in [2.24, 2.45) is 0 Å². The van der Waals surface area contributed by atoms with E-state index in [0.29, 0.717) is 39.0 Å². The summed E-state index contributed by atoms with van der Waals surface area (Å²) in [5.74, 6) is -13.0. The summed E-state index contributed by atoms with van der Waals surface area (Å²) in [7, 11) is 3.42. The Morgan fingerprint density at radius 3 is 1.87 bits per heavy atom. The number of ether oxygens (including phenoxy) is 14. The average Bonchev–Trinajstić information content (AvgIpc) is 1.58. The van der Waals surface area contributed by atoms with E-state index in [9.17, 15) is 77.0 Å². The summed E-state index contributed by atoms with van der Waals surface area (Å²) in [4.78, 5) is 206. The van der Waals surface area contributed by atoms with Crippen LogP contribution >= 0.6 is 0 Å². The number of benzene rings is 4. The first-order valence-electron chi connectivity index (χ1n) is 39.0. The zero-order chi connectivity index (χ0) is 88.5. The molecular weight excluding hydrogens is 1610 g/mol. The molecule has 4 aliphatic heterocycles. The first-order chi connectivity index (χ1) is 58.0. The average molecular weight is 1700 g/mol. The van der Waals surface area contributed by atoms with Crippen LogP contribution < -0.4 is 31.6 Å². The molecule has 0 unspecified atom stereocenters. The van der Waals surface area contributed by atoms with Crippen LogP contribution in [0.4, 0.5) is 19.7 Å². The monoisotopic (exact) mass is 1700 g/mol. The van der Waals surface area contributed by atoms with Crippen LogP contribution in [-0.4, -0.2) is 212 Å². The molecule has 0 spiro atoms. The van der Waals surface area contributed by atoms with Gasteiger partial charge in [-0.15, -0.1) is 0 Å². The van der Waals surface area contributed by atoms with Crippen LogP contribution in [0.5, 0.6) is 5.75 Å². The Balaban J connectivity index is 0.812. The highest BCUT2D eigenvalue weighted by molar-refractivity contribution is 5.95. The number of aromatic nitrogens is 2. The zero-order valence-corrected chi connectivity index (χ0v) is 68.6. The standard InChI is InChI=1S/C84H92FN7O30/c1-13-84(108)56-33-61-66-53(35-92(61)77(102)55(56)38-111-81(84)105)40(3)65-48(39(2)57(85)34-60(65)88-66)24-19-31-91(10)83(107)113-36-47-27-28-62(120-80-74(119-46(9)98)70(117-44(7)96)69(116-43(6)95)73(122-80)79(104)110-12)59(32-47)87-64(100)29-30-86-75(101)58(89-82(106)112-37-54-51-22-16-14-20-49(51)50-21-15-17-23-52(50)54)25-18-26-63(99)90-76-71(118-45(8)97)67(114-41(4)93)68(115-42(5)94)72(121-76)78(103)109-11/h14-17,20-23,27-28,32-34,54,58,67-74,76,80,108H,13,18-19,24-26,29-31,35-38H2,1-12H3,(H,86,101)(H,87,100)(H,89,106)(H,90,99)/t58-,67-,68-,69-,70-,71+,72-,73-,74+,76-,80+,84-/m0/s1. The molecule has 6 heterocycles. The van der Waals surface area contributed by atoms with Crippen molar-refractivity contribution < 1.29 is 143 Å². The highest BCUT2D eigenvalue weighted by Gasteiger charge is 2.58. The number of nitrogens with zero attached hydrogens (tertiary/aromatic N) is 3. The number of hydrogen-bond acceptors (Lipinski definition) is 31. The number of aryl methyl sites for hydroxylation is 2. The Hall–Kier alpha value is -13.0. The van der Waals surface area contributed by atoms with Crippen LogP contribution in [-0.2, 0) is 151 Å². The van der Waals surface area contributed by atoms with E-state index in [1.165, 1.54) is 40.8 Å². The van der Waals surface area contributed by atoms with Crippen LogP contribution in [0.25, 0.3) is 33.4 Å². The first-order valence-corrected chi connectivity index (χ1v) is 39.0. The number of fused-ring (bicyclic) bond motifs is 8. The number of halogens is 1. The van der Waals surface area contributed by atoms with Gasteiger partial charge in [0.25, 0.3) is 5.56 Å². The lowest BCUT2D eigenvalue weighted by molar-refractivity contribution is -0.282. The van der Waals surface area contributed by atoms with E-state index in [1.54, 1.807) is 19.9 Å². The normalized spacial score (nSPS) is 21.1. The van der Waals surface area contributed by atoms with Crippen molar-refractivity contribution in [2.45, 2.75) is 206 Å². The summed E-state index contributed by atoms with van der Waals surface area (Å²) in [5.41, 5.74) is 4.56. The van der Waals surface area contributed by atoms with Crippen LogP contribution in [0.1, 0.15) is 143 Å². The lowest BCUT2D eigenvalue weighted by atomic mass is 9.86. The predicted molar refractivity (Wildman–Crippen MR) is 417 cm³/mol. The van der Waals surface area contributed by atoms with Crippen molar-refractivity contribution in [3.05, 3.63) is 145 Å². The van der Waals surface area contributed by atoms with Gasteiger partial charge in [0, 0.05) is 103 Å². The van der Waals surface area contributed by atoms with E-state index in [-0.39, 0.29) is 92.1 Å². The summed E-state index contributed by atoms with van der Waals surface area (Å²) in [6, 6.07) is 20.4. The van der Waals surface area contributed by atoms with Crippen molar-refractivity contribution in [3.63, 3.8) is 0 Å². The second-order valence-electron chi connectivity index (χ2n) is 29.5. The number of nitrogens with one attached hydrogen (secondary N) is 4. The van der Waals surface area contributed by atoms with Gasteiger partial charge in [0.05, 0.1) is 48.9 Å². The minimum Gasteiger partial charge on any atom is -0.467 e. The maximum atomic E-state index is 16.0. The smallest absolute Gasteiger partial charge is 0.409 e. The first kappa shape index (κ1) is 89.8. The minimum atomic E-state index is -2.07. The number of amides is 5. The van der Waals surface area contributed by atoms with E-state index in [1.807, 2.05) is 55.5 Å². The van der Waals surface area contributed by atoms with Crippen LogP contribution in [0, 0.1) is 19.7 Å². The van der Waals surface area contributed by atoms with Gasteiger partial charge in [0.1, 0.15) is 37.4 Å². The largest absolute Gasteiger partial charge is 0.467 e. The number of pyridine rings is 2. The number of carbonyl (C=O) groups is 14. The molecule has 4 aromatic carbocycles. The maximum absolute atomic E-state index is 16.0. The Bertz CT molecular complexity index is 5180. The molecule has 0 bridgehead atoms. The van der Waals surface area contributed by atoms with Gasteiger partial charge in [-0.05, 0) is 109 Å². The van der Waals surface area contributed by atoms with Gasteiger partial charge in [-0.2, -0.15) is 0 Å². The van der Waals surface area contributed by atoms with Crippen LogP contribution in [0.2, 0.25) is 0 Å². The molecule has 0 radical (unpaired) electrons. The quantitative estimate of drug-likeness (QED) is 0.0276. The Labute approximate surface area is 696 Å². The van der Waals surface area contributed by atoms with E-state index in [4.69, 9.17) is 71.3 Å². The molecule has 2 fully saturated rings. The molecule has 122 heavy (non-hydrogen) atoms.